The predicted molar refractivity (Wildman–Crippen MR) is 72.1 cm³/mol. The Hall–Kier alpha value is -1.62. The lowest BCUT2D eigenvalue weighted by atomic mass is 10.0. The van der Waals surface area contributed by atoms with E-state index >= 15 is 0 Å². The molecule has 0 aromatic heterocycles. The van der Waals surface area contributed by atoms with Gasteiger partial charge in [0.2, 0.25) is 0 Å². The highest BCUT2D eigenvalue weighted by Gasteiger charge is 2.33. The van der Waals surface area contributed by atoms with Crippen molar-refractivity contribution in [2.75, 3.05) is 13.7 Å². The number of likely N-dealkylation sites (tertiary alicyclic amines) is 1. The van der Waals surface area contributed by atoms with Crippen LogP contribution in [0.1, 0.15) is 29.6 Å². The van der Waals surface area contributed by atoms with Gasteiger partial charge in [0, 0.05) is 6.54 Å². The first-order chi connectivity index (χ1) is 9.54. The predicted octanol–water partition coefficient (Wildman–Crippen LogP) is 2.65. The Kier molecular flexibility index (Phi) is 4.60. The Bertz CT molecular complexity index is 535. The monoisotopic (exact) mass is 299 g/mol. The minimum atomic E-state index is -0.595. The van der Waals surface area contributed by atoms with Gasteiger partial charge in [0.15, 0.2) is 0 Å². The number of hydrogen-bond donors (Lipinski definition) is 0. The van der Waals surface area contributed by atoms with Crippen molar-refractivity contribution in [3.63, 3.8) is 0 Å². The molecule has 1 atom stereocenters. The fourth-order valence-electron chi connectivity index (χ4n) is 2.37. The molecule has 0 bridgehead atoms. The van der Waals surface area contributed by atoms with E-state index in [-0.39, 0.29) is 16.5 Å². The molecule has 1 saturated heterocycles. The fourth-order valence-corrected chi connectivity index (χ4v) is 2.62. The Morgan fingerprint density at radius 1 is 1.40 bits per heavy atom. The number of esters is 1. The van der Waals surface area contributed by atoms with Crippen LogP contribution in [-0.2, 0) is 9.53 Å². The number of hydrogen-bond acceptors (Lipinski definition) is 3. The van der Waals surface area contributed by atoms with Gasteiger partial charge in [-0.1, -0.05) is 11.6 Å². The topological polar surface area (TPSA) is 46.6 Å². The van der Waals surface area contributed by atoms with Gasteiger partial charge < -0.3 is 9.64 Å². The molecule has 0 spiro atoms. The average molecular weight is 300 g/mol. The number of amides is 1. The molecule has 20 heavy (non-hydrogen) atoms. The van der Waals surface area contributed by atoms with Gasteiger partial charge in [-0.15, -0.1) is 0 Å². The molecule has 1 aromatic carbocycles. The SMILES string of the molecule is COC(=O)C1CCCCN1C(=O)c1ccc(F)cc1Cl. The van der Waals surface area contributed by atoms with Crippen LogP contribution in [0.5, 0.6) is 0 Å². The van der Waals surface area contributed by atoms with Gasteiger partial charge in [0.05, 0.1) is 17.7 Å². The highest BCUT2D eigenvalue weighted by atomic mass is 35.5. The largest absolute Gasteiger partial charge is 0.467 e. The summed E-state index contributed by atoms with van der Waals surface area (Å²) in [7, 11) is 1.30. The molecule has 0 N–H and O–H groups in total. The number of piperidine rings is 1. The lowest BCUT2D eigenvalue weighted by molar-refractivity contribution is -0.147. The van der Waals surface area contributed by atoms with E-state index in [1.165, 1.54) is 24.1 Å². The molecular weight excluding hydrogens is 285 g/mol. The van der Waals surface area contributed by atoms with Crippen LogP contribution in [0.25, 0.3) is 0 Å². The van der Waals surface area contributed by atoms with Gasteiger partial charge in [0.25, 0.3) is 5.91 Å². The third-order valence-electron chi connectivity index (χ3n) is 3.40. The molecule has 108 valence electrons. The number of carbonyl (C=O) groups is 2. The molecule has 1 aliphatic rings. The Morgan fingerprint density at radius 2 is 2.15 bits per heavy atom. The van der Waals surface area contributed by atoms with Crippen LogP contribution in [0.2, 0.25) is 5.02 Å². The maximum absolute atomic E-state index is 13.0. The Labute approximate surface area is 121 Å². The average Bonchev–Trinajstić information content (AvgIpc) is 2.46. The number of rotatable bonds is 2. The van der Waals surface area contributed by atoms with E-state index in [9.17, 15) is 14.0 Å². The van der Waals surface area contributed by atoms with Crippen LogP contribution >= 0.6 is 11.6 Å². The summed E-state index contributed by atoms with van der Waals surface area (Å²) >= 11 is 5.90. The molecule has 1 aliphatic heterocycles. The standard InChI is InChI=1S/C14H15ClFNO3/c1-20-14(19)12-4-2-3-7-17(12)13(18)10-6-5-9(16)8-11(10)15/h5-6,8,12H,2-4,7H2,1H3. The molecule has 1 fully saturated rings. The fraction of sp³-hybridized carbons (Fsp3) is 0.429. The van der Waals surface area contributed by atoms with E-state index in [4.69, 9.17) is 16.3 Å². The zero-order chi connectivity index (χ0) is 14.7. The zero-order valence-electron chi connectivity index (χ0n) is 11.1. The first-order valence-corrected chi connectivity index (χ1v) is 6.76. The maximum Gasteiger partial charge on any atom is 0.328 e. The summed E-state index contributed by atoms with van der Waals surface area (Å²) in [5, 5.41) is 0.0455. The van der Waals surface area contributed by atoms with Gasteiger partial charge in [-0.3, -0.25) is 4.79 Å². The lowest BCUT2D eigenvalue weighted by Gasteiger charge is -2.34. The summed E-state index contributed by atoms with van der Waals surface area (Å²) in [6.07, 6.45) is 2.25. The molecule has 2 rings (SSSR count). The molecular formula is C14H15ClFNO3. The molecule has 1 heterocycles. The highest BCUT2D eigenvalue weighted by Crippen LogP contribution is 2.24. The summed E-state index contributed by atoms with van der Waals surface area (Å²) < 4.78 is 17.8. The van der Waals surface area contributed by atoms with Crippen molar-refractivity contribution in [2.45, 2.75) is 25.3 Å². The van der Waals surface area contributed by atoms with Gasteiger partial charge in [-0.25, -0.2) is 9.18 Å². The van der Waals surface area contributed by atoms with Crippen LogP contribution in [0.4, 0.5) is 4.39 Å². The summed E-state index contributed by atoms with van der Waals surface area (Å²) in [6.45, 7) is 0.465. The van der Waals surface area contributed by atoms with Crippen molar-refractivity contribution in [3.8, 4) is 0 Å². The molecule has 0 aliphatic carbocycles. The van der Waals surface area contributed by atoms with Gasteiger partial charge in [0.1, 0.15) is 11.9 Å². The zero-order valence-corrected chi connectivity index (χ0v) is 11.8. The molecule has 0 saturated carbocycles. The Balaban J connectivity index is 2.27. The summed E-state index contributed by atoms with van der Waals surface area (Å²) in [5.41, 5.74) is 0.198. The second-order valence-electron chi connectivity index (χ2n) is 4.66. The van der Waals surface area contributed by atoms with Crippen LogP contribution in [0, 0.1) is 5.82 Å². The van der Waals surface area contributed by atoms with Gasteiger partial charge >= 0.3 is 5.97 Å². The van der Waals surface area contributed by atoms with Crippen molar-refractivity contribution in [2.24, 2.45) is 0 Å². The molecule has 6 heteroatoms. The van der Waals surface area contributed by atoms with Crippen molar-refractivity contribution in [1.82, 2.24) is 4.90 Å². The first-order valence-electron chi connectivity index (χ1n) is 6.38. The van der Waals surface area contributed by atoms with Crippen molar-refractivity contribution >= 4 is 23.5 Å². The molecule has 1 amide bonds. The number of benzene rings is 1. The number of halogens is 2. The third-order valence-corrected chi connectivity index (χ3v) is 3.71. The molecule has 4 nitrogen and oxygen atoms in total. The van der Waals surface area contributed by atoms with Crippen LogP contribution in [0.15, 0.2) is 18.2 Å². The minimum Gasteiger partial charge on any atom is -0.467 e. The summed E-state index contributed by atoms with van der Waals surface area (Å²) in [4.78, 5) is 25.7. The molecule has 1 unspecified atom stereocenters. The number of ether oxygens (including phenoxy) is 1. The maximum atomic E-state index is 13.0. The third kappa shape index (κ3) is 2.93. The van der Waals surface area contributed by atoms with Crippen LogP contribution in [-0.4, -0.2) is 36.5 Å². The van der Waals surface area contributed by atoms with Crippen molar-refractivity contribution in [1.29, 1.82) is 0 Å². The quantitative estimate of drug-likeness (QED) is 0.789. The molecule has 1 aromatic rings. The number of nitrogens with zero attached hydrogens (tertiary/aromatic N) is 1. The first kappa shape index (κ1) is 14.8. The van der Waals surface area contributed by atoms with Crippen molar-refractivity contribution < 1.29 is 18.7 Å². The van der Waals surface area contributed by atoms with E-state index in [2.05, 4.69) is 0 Å². The van der Waals surface area contributed by atoms with Gasteiger partial charge in [-0.05, 0) is 37.5 Å². The van der Waals surface area contributed by atoms with E-state index in [0.29, 0.717) is 13.0 Å². The second kappa shape index (κ2) is 6.22. The van der Waals surface area contributed by atoms with Crippen molar-refractivity contribution in [3.05, 3.63) is 34.6 Å². The highest BCUT2D eigenvalue weighted by molar-refractivity contribution is 6.33. The second-order valence-corrected chi connectivity index (χ2v) is 5.06. The smallest absolute Gasteiger partial charge is 0.328 e. The molecule has 0 radical (unpaired) electrons. The summed E-state index contributed by atoms with van der Waals surface area (Å²) in [5.74, 6) is -1.31. The van der Waals surface area contributed by atoms with E-state index in [1.807, 2.05) is 0 Å². The minimum absolute atomic E-state index is 0.0455. The van der Waals surface area contributed by atoms with E-state index in [1.54, 1.807) is 0 Å². The Morgan fingerprint density at radius 3 is 2.80 bits per heavy atom. The summed E-state index contributed by atoms with van der Waals surface area (Å²) in [6, 6.07) is 3.01. The number of carbonyl (C=O) groups excluding carboxylic acids is 2. The van der Waals surface area contributed by atoms with Gasteiger partial charge in [-0.2, -0.15) is 0 Å². The van der Waals surface area contributed by atoms with Crippen LogP contribution in [0.3, 0.4) is 0 Å². The van der Waals surface area contributed by atoms with E-state index < -0.39 is 17.8 Å². The lowest BCUT2D eigenvalue weighted by Crippen LogP contribution is -2.48. The van der Waals surface area contributed by atoms with E-state index in [0.717, 1.165) is 18.9 Å². The normalized spacial score (nSPS) is 18.8. The number of methoxy groups -OCH3 is 1. The van der Waals surface area contributed by atoms with Crippen LogP contribution < -0.4 is 0 Å².